The van der Waals surface area contributed by atoms with Gasteiger partial charge in [0.05, 0.1) is 0 Å². The maximum atomic E-state index is 3.64. The van der Waals surface area contributed by atoms with Gasteiger partial charge in [-0.2, -0.15) is 0 Å². The zero-order chi connectivity index (χ0) is 14.6. The molecular weight excluding hydrogens is 330 g/mol. The van der Waals surface area contributed by atoms with Crippen LogP contribution in [0.4, 0.5) is 0 Å². The summed E-state index contributed by atoms with van der Waals surface area (Å²) in [5.74, 6) is 0. The molecule has 0 saturated heterocycles. The first kappa shape index (κ1) is 18.2. The smallest absolute Gasteiger partial charge is 0.0423 e. The molecule has 1 rings (SSSR count). The fourth-order valence-corrected chi connectivity index (χ4v) is 4.41. The summed E-state index contributed by atoms with van der Waals surface area (Å²) in [6, 6.07) is 2.68. The first-order chi connectivity index (χ1) is 9.79. The third kappa shape index (κ3) is 7.24. The van der Waals surface area contributed by atoms with Crippen LogP contribution in [-0.2, 0) is 0 Å². The molecule has 20 heavy (non-hydrogen) atoms. The lowest BCUT2D eigenvalue weighted by Gasteiger charge is -2.15. The molecule has 1 heterocycles. The fraction of sp³-hybridized carbons (Fsp3) is 0.765. The molecule has 116 valence electrons. The van der Waals surface area contributed by atoms with Gasteiger partial charge in [-0.25, -0.2) is 0 Å². The highest BCUT2D eigenvalue weighted by atomic mass is 79.9. The van der Waals surface area contributed by atoms with Crippen LogP contribution in [0.5, 0.6) is 0 Å². The average molecular weight is 360 g/mol. The summed E-state index contributed by atoms with van der Waals surface area (Å²) in [5.41, 5.74) is 0. The minimum absolute atomic E-state index is 0.522. The topological polar surface area (TPSA) is 12.0 Å². The predicted octanol–water partition coefficient (Wildman–Crippen LogP) is 6.69. The summed E-state index contributed by atoms with van der Waals surface area (Å²) in [6.07, 6.45) is 13.9. The highest BCUT2D eigenvalue weighted by Crippen LogP contribution is 2.31. The van der Waals surface area contributed by atoms with E-state index in [-0.39, 0.29) is 0 Å². The quantitative estimate of drug-likeness (QED) is 0.409. The number of thiophene rings is 1. The molecule has 0 radical (unpaired) electrons. The van der Waals surface area contributed by atoms with Gasteiger partial charge in [-0.3, -0.25) is 0 Å². The molecule has 1 atom stereocenters. The molecule has 0 spiro atoms. The summed E-state index contributed by atoms with van der Waals surface area (Å²) >= 11 is 5.49. The van der Waals surface area contributed by atoms with Crippen molar-refractivity contribution in [1.82, 2.24) is 5.32 Å². The standard InChI is InChI=1S/C17H30BrNS/c1-3-4-5-6-7-8-9-10-11-12-16(19-2)17-15(18)13-14-20-17/h13-14,16,19H,3-12H2,1-2H3. The van der Waals surface area contributed by atoms with Crippen molar-refractivity contribution in [3.8, 4) is 0 Å². The molecule has 1 N–H and O–H groups in total. The molecule has 0 aliphatic rings. The number of hydrogen-bond acceptors (Lipinski definition) is 2. The van der Waals surface area contributed by atoms with E-state index in [2.05, 4.69) is 46.7 Å². The molecule has 0 aromatic carbocycles. The second kappa shape index (κ2) is 11.8. The Morgan fingerprint density at radius 3 is 2.15 bits per heavy atom. The number of rotatable bonds is 12. The fourth-order valence-electron chi connectivity index (χ4n) is 2.62. The number of unbranched alkanes of at least 4 members (excludes halogenated alkanes) is 8. The van der Waals surface area contributed by atoms with Crippen molar-refractivity contribution in [3.63, 3.8) is 0 Å². The van der Waals surface area contributed by atoms with Crippen molar-refractivity contribution in [3.05, 3.63) is 20.8 Å². The predicted molar refractivity (Wildman–Crippen MR) is 95.7 cm³/mol. The van der Waals surface area contributed by atoms with Gasteiger partial charge in [-0.15, -0.1) is 11.3 Å². The first-order valence-corrected chi connectivity index (χ1v) is 9.87. The van der Waals surface area contributed by atoms with E-state index in [0.29, 0.717) is 6.04 Å². The second-order valence-corrected chi connectivity index (χ2v) is 7.39. The largest absolute Gasteiger partial charge is 0.312 e. The Hall–Kier alpha value is 0.140. The van der Waals surface area contributed by atoms with Crippen molar-refractivity contribution in [2.75, 3.05) is 7.05 Å². The van der Waals surface area contributed by atoms with Crippen LogP contribution < -0.4 is 5.32 Å². The van der Waals surface area contributed by atoms with Crippen molar-refractivity contribution < 1.29 is 0 Å². The molecule has 3 heteroatoms. The Bertz CT molecular complexity index is 337. The van der Waals surface area contributed by atoms with Crippen LogP contribution >= 0.6 is 27.3 Å². The van der Waals surface area contributed by atoms with Crippen molar-refractivity contribution in [2.45, 2.75) is 77.2 Å². The van der Waals surface area contributed by atoms with E-state index in [1.165, 1.54) is 73.6 Å². The molecule has 1 nitrogen and oxygen atoms in total. The Kier molecular flexibility index (Phi) is 10.7. The molecule has 0 fully saturated rings. The summed E-state index contributed by atoms with van der Waals surface area (Å²) < 4.78 is 1.26. The third-order valence-electron chi connectivity index (χ3n) is 3.91. The Morgan fingerprint density at radius 2 is 1.65 bits per heavy atom. The normalized spacial score (nSPS) is 12.8. The van der Waals surface area contributed by atoms with E-state index in [0.717, 1.165) is 0 Å². The van der Waals surface area contributed by atoms with Crippen molar-refractivity contribution in [1.29, 1.82) is 0 Å². The lowest BCUT2D eigenvalue weighted by atomic mass is 10.0. The highest BCUT2D eigenvalue weighted by molar-refractivity contribution is 9.10. The van der Waals surface area contributed by atoms with Gasteiger partial charge in [0.2, 0.25) is 0 Å². The third-order valence-corrected chi connectivity index (χ3v) is 5.89. The molecule has 0 amide bonds. The Balaban J connectivity index is 2.04. The van der Waals surface area contributed by atoms with Gasteiger partial charge in [0.15, 0.2) is 0 Å². The number of nitrogens with one attached hydrogen (secondary N) is 1. The highest BCUT2D eigenvalue weighted by Gasteiger charge is 2.13. The number of halogens is 1. The lowest BCUT2D eigenvalue weighted by Crippen LogP contribution is -2.15. The van der Waals surface area contributed by atoms with E-state index in [9.17, 15) is 0 Å². The second-order valence-electron chi connectivity index (χ2n) is 5.59. The summed E-state index contributed by atoms with van der Waals surface area (Å²) in [6.45, 7) is 2.28. The minimum Gasteiger partial charge on any atom is -0.312 e. The van der Waals surface area contributed by atoms with Gasteiger partial charge in [-0.1, -0.05) is 64.7 Å². The molecule has 1 aromatic heterocycles. The van der Waals surface area contributed by atoms with Crippen LogP contribution in [0.25, 0.3) is 0 Å². The SMILES string of the molecule is CCCCCCCCCCCC(NC)c1sccc1Br. The molecule has 1 unspecified atom stereocenters. The van der Waals surface area contributed by atoms with Crippen molar-refractivity contribution >= 4 is 27.3 Å². The molecular formula is C17H30BrNS. The molecule has 0 bridgehead atoms. The van der Waals surface area contributed by atoms with E-state index < -0.39 is 0 Å². The Labute approximate surface area is 137 Å². The summed E-state index contributed by atoms with van der Waals surface area (Å²) in [4.78, 5) is 1.45. The van der Waals surface area contributed by atoms with Gasteiger partial charge in [0.1, 0.15) is 0 Å². The molecule has 0 aliphatic heterocycles. The average Bonchev–Trinajstić information content (AvgIpc) is 2.87. The van der Waals surface area contributed by atoms with Crippen LogP contribution in [0.15, 0.2) is 15.9 Å². The van der Waals surface area contributed by atoms with Gasteiger partial charge in [0.25, 0.3) is 0 Å². The van der Waals surface area contributed by atoms with E-state index in [1.54, 1.807) is 0 Å². The van der Waals surface area contributed by atoms with Gasteiger partial charge in [-0.05, 0) is 40.8 Å². The number of hydrogen-bond donors (Lipinski definition) is 1. The Morgan fingerprint density at radius 1 is 1.05 bits per heavy atom. The summed E-state index contributed by atoms with van der Waals surface area (Å²) in [5, 5.41) is 5.62. The molecule has 1 aromatic rings. The minimum atomic E-state index is 0.522. The maximum Gasteiger partial charge on any atom is 0.0423 e. The zero-order valence-electron chi connectivity index (χ0n) is 13.1. The summed E-state index contributed by atoms with van der Waals surface area (Å²) in [7, 11) is 2.07. The van der Waals surface area contributed by atoms with E-state index in [4.69, 9.17) is 0 Å². The van der Waals surface area contributed by atoms with E-state index in [1.807, 2.05) is 11.3 Å². The van der Waals surface area contributed by atoms with Crippen LogP contribution in [0, 0.1) is 0 Å². The van der Waals surface area contributed by atoms with Crippen molar-refractivity contribution in [2.24, 2.45) is 0 Å². The van der Waals surface area contributed by atoms with Crippen LogP contribution in [-0.4, -0.2) is 7.05 Å². The van der Waals surface area contributed by atoms with E-state index >= 15 is 0 Å². The molecule has 0 saturated carbocycles. The van der Waals surface area contributed by atoms with Gasteiger partial charge < -0.3 is 5.32 Å². The molecule has 0 aliphatic carbocycles. The maximum absolute atomic E-state index is 3.64. The van der Waals surface area contributed by atoms with Crippen LogP contribution in [0.3, 0.4) is 0 Å². The van der Waals surface area contributed by atoms with Crippen LogP contribution in [0.2, 0.25) is 0 Å². The monoisotopic (exact) mass is 359 g/mol. The zero-order valence-corrected chi connectivity index (χ0v) is 15.5. The van der Waals surface area contributed by atoms with Gasteiger partial charge in [0, 0.05) is 15.4 Å². The first-order valence-electron chi connectivity index (χ1n) is 8.19. The lowest BCUT2D eigenvalue weighted by molar-refractivity contribution is 0.497. The van der Waals surface area contributed by atoms with Crippen LogP contribution in [0.1, 0.15) is 82.1 Å². The van der Waals surface area contributed by atoms with Gasteiger partial charge >= 0.3 is 0 Å².